The Morgan fingerprint density at radius 1 is 1.31 bits per heavy atom. The lowest BCUT2D eigenvalue weighted by atomic mass is 10.2. The Kier molecular flexibility index (Phi) is 1.81. The topological polar surface area (TPSA) is 30.2 Å². The normalized spacial score (nSPS) is 10.6. The van der Waals surface area contributed by atoms with Gasteiger partial charge in [0.05, 0.1) is 5.02 Å². The Bertz CT molecular complexity index is 518. The molecule has 0 aliphatic heterocycles. The molecular weight excluding hydrogens is 195 g/mol. The average molecular weight is 199 g/mol. The fourth-order valence-electron chi connectivity index (χ4n) is 1.10. The van der Waals surface area contributed by atoms with E-state index in [1.54, 1.807) is 0 Å². The Balaban J connectivity index is 2.95. The van der Waals surface area contributed by atoms with Gasteiger partial charge in [-0.2, -0.15) is 0 Å². The fraction of sp³-hybridized carbons (Fsp3) is 0. The van der Waals surface area contributed by atoms with E-state index in [9.17, 15) is 9.18 Å². The van der Waals surface area contributed by atoms with Gasteiger partial charge in [0.25, 0.3) is 0 Å². The van der Waals surface area contributed by atoms with Crippen LogP contribution in [0.4, 0.5) is 4.39 Å². The number of fused-ring (bicyclic) bond motifs is 1. The van der Waals surface area contributed by atoms with Gasteiger partial charge in [-0.05, 0) is 18.2 Å². The van der Waals surface area contributed by atoms with Crippen molar-refractivity contribution in [2.75, 3.05) is 0 Å². The number of rotatable bonds is 0. The maximum atomic E-state index is 12.8. The van der Waals surface area contributed by atoms with E-state index in [0.717, 1.165) is 6.07 Å². The molecule has 0 amide bonds. The van der Waals surface area contributed by atoms with Gasteiger partial charge < -0.3 is 4.42 Å². The predicted molar refractivity (Wildman–Crippen MR) is 47.5 cm³/mol. The van der Waals surface area contributed by atoms with Crippen LogP contribution in [-0.4, -0.2) is 0 Å². The summed E-state index contributed by atoms with van der Waals surface area (Å²) in [6.45, 7) is 0. The molecule has 2 rings (SSSR count). The molecule has 0 spiro atoms. The van der Waals surface area contributed by atoms with E-state index in [-0.39, 0.29) is 10.6 Å². The van der Waals surface area contributed by atoms with E-state index in [1.807, 2.05) is 0 Å². The molecule has 1 aromatic heterocycles. The van der Waals surface area contributed by atoms with Crippen molar-refractivity contribution in [2.24, 2.45) is 0 Å². The third-order valence-corrected chi connectivity index (χ3v) is 1.92. The lowest BCUT2D eigenvalue weighted by Gasteiger charge is -1.97. The van der Waals surface area contributed by atoms with E-state index in [0.29, 0.717) is 5.39 Å². The molecule has 2 aromatic rings. The molecule has 0 saturated heterocycles. The molecule has 0 aliphatic rings. The van der Waals surface area contributed by atoms with E-state index in [4.69, 9.17) is 16.0 Å². The third kappa shape index (κ3) is 1.42. The van der Waals surface area contributed by atoms with Gasteiger partial charge in [-0.3, -0.25) is 0 Å². The van der Waals surface area contributed by atoms with Gasteiger partial charge in [-0.25, -0.2) is 9.18 Å². The van der Waals surface area contributed by atoms with Crippen molar-refractivity contribution in [1.82, 2.24) is 0 Å². The highest BCUT2D eigenvalue weighted by Crippen LogP contribution is 2.23. The second kappa shape index (κ2) is 2.85. The van der Waals surface area contributed by atoms with Gasteiger partial charge in [0, 0.05) is 11.5 Å². The molecular formula is C9H4ClFO2. The van der Waals surface area contributed by atoms with Gasteiger partial charge in [-0.1, -0.05) is 11.6 Å². The van der Waals surface area contributed by atoms with Crippen molar-refractivity contribution in [3.05, 3.63) is 45.5 Å². The average Bonchev–Trinajstić information content (AvgIpc) is 2.06. The molecule has 0 bridgehead atoms. The van der Waals surface area contributed by atoms with Crippen LogP contribution in [0.15, 0.2) is 33.5 Å². The maximum Gasteiger partial charge on any atom is 0.336 e. The molecule has 0 aliphatic carbocycles. The number of halogens is 2. The molecule has 0 radical (unpaired) electrons. The SMILES string of the molecule is O=c1ccc2cc(F)cc(Cl)c2o1. The zero-order chi connectivity index (χ0) is 9.42. The van der Waals surface area contributed by atoms with Crippen molar-refractivity contribution >= 4 is 22.6 Å². The highest BCUT2D eigenvalue weighted by Gasteiger charge is 2.04. The Morgan fingerprint density at radius 3 is 2.85 bits per heavy atom. The Morgan fingerprint density at radius 2 is 2.08 bits per heavy atom. The van der Waals surface area contributed by atoms with E-state index in [2.05, 4.69) is 0 Å². The summed E-state index contributed by atoms with van der Waals surface area (Å²) in [5.41, 5.74) is -0.281. The van der Waals surface area contributed by atoms with Crippen LogP contribution in [0, 0.1) is 5.82 Å². The van der Waals surface area contributed by atoms with Gasteiger partial charge in [-0.15, -0.1) is 0 Å². The van der Waals surface area contributed by atoms with E-state index < -0.39 is 11.4 Å². The summed E-state index contributed by atoms with van der Waals surface area (Å²) < 4.78 is 17.6. The first kappa shape index (κ1) is 8.26. The van der Waals surface area contributed by atoms with Crippen LogP contribution >= 0.6 is 11.6 Å². The van der Waals surface area contributed by atoms with Gasteiger partial charge >= 0.3 is 5.63 Å². The van der Waals surface area contributed by atoms with Crippen LogP contribution in [0.2, 0.25) is 5.02 Å². The summed E-state index contributed by atoms with van der Waals surface area (Å²) in [5, 5.41) is 0.581. The quantitative estimate of drug-likeness (QED) is 0.609. The summed E-state index contributed by atoms with van der Waals surface area (Å²) >= 11 is 5.66. The van der Waals surface area contributed by atoms with Crippen LogP contribution in [0.3, 0.4) is 0 Å². The molecule has 0 unspecified atom stereocenters. The maximum absolute atomic E-state index is 12.8. The number of hydrogen-bond acceptors (Lipinski definition) is 2. The Hall–Kier alpha value is -1.35. The minimum absolute atomic E-state index is 0.104. The summed E-state index contributed by atoms with van der Waals surface area (Å²) in [7, 11) is 0. The summed E-state index contributed by atoms with van der Waals surface area (Å²) in [6.07, 6.45) is 0. The van der Waals surface area contributed by atoms with Crippen molar-refractivity contribution in [3.8, 4) is 0 Å². The highest BCUT2D eigenvalue weighted by atomic mass is 35.5. The van der Waals surface area contributed by atoms with Crippen LogP contribution in [-0.2, 0) is 0 Å². The molecule has 0 N–H and O–H groups in total. The van der Waals surface area contributed by atoms with Crippen molar-refractivity contribution < 1.29 is 8.81 Å². The largest absolute Gasteiger partial charge is 0.421 e. The van der Waals surface area contributed by atoms with Crippen molar-refractivity contribution in [3.63, 3.8) is 0 Å². The lowest BCUT2D eigenvalue weighted by molar-refractivity contribution is 0.558. The van der Waals surface area contributed by atoms with Crippen molar-refractivity contribution in [1.29, 1.82) is 0 Å². The highest BCUT2D eigenvalue weighted by molar-refractivity contribution is 6.34. The Labute approximate surface area is 77.5 Å². The monoisotopic (exact) mass is 198 g/mol. The second-order valence-electron chi connectivity index (χ2n) is 2.56. The van der Waals surface area contributed by atoms with Crippen LogP contribution < -0.4 is 5.63 Å². The lowest BCUT2D eigenvalue weighted by Crippen LogP contribution is -1.94. The zero-order valence-corrected chi connectivity index (χ0v) is 7.14. The molecule has 0 atom stereocenters. The first-order chi connectivity index (χ1) is 6.16. The van der Waals surface area contributed by atoms with Crippen molar-refractivity contribution in [2.45, 2.75) is 0 Å². The smallest absolute Gasteiger partial charge is 0.336 e. The minimum Gasteiger partial charge on any atom is -0.421 e. The molecule has 1 heterocycles. The molecule has 0 saturated carbocycles. The molecule has 0 fully saturated rings. The van der Waals surface area contributed by atoms with E-state index >= 15 is 0 Å². The van der Waals surface area contributed by atoms with Crippen LogP contribution in [0.25, 0.3) is 11.0 Å². The van der Waals surface area contributed by atoms with Gasteiger partial charge in [0.2, 0.25) is 0 Å². The van der Waals surface area contributed by atoms with Crippen LogP contribution in [0.5, 0.6) is 0 Å². The predicted octanol–water partition coefficient (Wildman–Crippen LogP) is 2.59. The first-order valence-corrected chi connectivity index (χ1v) is 3.93. The standard InChI is InChI=1S/C9H4ClFO2/c10-7-4-6(11)3-5-1-2-8(12)13-9(5)7/h1-4H. The summed E-state index contributed by atoms with van der Waals surface area (Å²) in [4.78, 5) is 10.8. The molecule has 13 heavy (non-hydrogen) atoms. The molecule has 4 heteroatoms. The zero-order valence-electron chi connectivity index (χ0n) is 6.38. The summed E-state index contributed by atoms with van der Waals surface area (Å²) in [5.74, 6) is -0.452. The fourth-order valence-corrected chi connectivity index (χ4v) is 1.36. The number of hydrogen-bond donors (Lipinski definition) is 0. The first-order valence-electron chi connectivity index (χ1n) is 3.56. The van der Waals surface area contributed by atoms with Crippen LogP contribution in [0.1, 0.15) is 0 Å². The van der Waals surface area contributed by atoms with E-state index in [1.165, 1.54) is 18.2 Å². The number of benzene rings is 1. The van der Waals surface area contributed by atoms with Gasteiger partial charge in [0.15, 0.2) is 5.58 Å². The molecule has 66 valence electrons. The third-order valence-electron chi connectivity index (χ3n) is 1.64. The molecule has 1 aromatic carbocycles. The minimum atomic E-state index is -0.499. The summed E-state index contributed by atoms with van der Waals surface area (Å²) in [6, 6.07) is 5.05. The van der Waals surface area contributed by atoms with Gasteiger partial charge in [0.1, 0.15) is 5.82 Å². The molecule has 2 nitrogen and oxygen atoms in total. The second-order valence-corrected chi connectivity index (χ2v) is 2.97.